The van der Waals surface area contributed by atoms with E-state index in [0.717, 1.165) is 36.1 Å². The van der Waals surface area contributed by atoms with Gasteiger partial charge in [0.2, 0.25) is 0 Å². The summed E-state index contributed by atoms with van der Waals surface area (Å²) >= 11 is 0. The van der Waals surface area contributed by atoms with Crippen molar-refractivity contribution in [2.24, 2.45) is 9.98 Å². The number of hydrogen-bond acceptors (Lipinski definition) is 5. The maximum absolute atomic E-state index is 13.3. The second-order valence-electron chi connectivity index (χ2n) is 18.8. The van der Waals surface area contributed by atoms with E-state index in [0.29, 0.717) is 24.2 Å². The van der Waals surface area contributed by atoms with Gasteiger partial charge in [-0.05, 0) is 106 Å². The van der Waals surface area contributed by atoms with Crippen LogP contribution in [0.15, 0.2) is 34.3 Å². The van der Waals surface area contributed by atoms with Gasteiger partial charge in [0.1, 0.15) is 0 Å². The fourth-order valence-corrected chi connectivity index (χ4v) is 14.7. The average molecular weight is 743 g/mol. The van der Waals surface area contributed by atoms with Crippen LogP contribution in [-0.2, 0) is 42.8 Å². The van der Waals surface area contributed by atoms with Gasteiger partial charge in [-0.1, -0.05) is 119 Å². The van der Waals surface area contributed by atoms with Gasteiger partial charge in [-0.3, -0.25) is 9.98 Å². The van der Waals surface area contributed by atoms with Crippen molar-refractivity contribution in [3.05, 3.63) is 57.6 Å². The Balaban J connectivity index is 0.0000115. The van der Waals surface area contributed by atoms with E-state index in [2.05, 4.69) is 121 Å². The fraction of sp³-hybridized carbons (Fsp3) is 0.650. The van der Waals surface area contributed by atoms with Crippen molar-refractivity contribution in [2.45, 2.75) is 156 Å². The molecule has 48 heavy (non-hydrogen) atoms. The van der Waals surface area contributed by atoms with Gasteiger partial charge in [-0.15, -0.1) is 0 Å². The zero-order valence-corrected chi connectivity index (χ0v) is 36.1. The summed E-state index contributed by atoms with van der Waals surface area (Å²) in [5, 5.41) is 26.5. The van der Waals surface area contributed by atoms with Gasteiger partial charge in [0.05, 0.1) is 0 Å². The molecule has 0 aromatic heterocycles. The molecular weight excluding hydrogens is 676 g/mol. The van der Waals surface area contributed by atoms with Crippen molar-refractivity contribution in [3.63, 3.8) is 0 Å². The second-order valence-corrected chi connectivity index (χ2v) is 27.6. The maximum Gasteiger partial charge on any atom is 2.00 e. The van der Waals surface area contributed by atoms with Crippen molar-refractivity contribution in [1.82, 2.24) is 0 Å². The van der Waals surface area contributed by atoms with Crippen LogP contribution in [0.5, 0.6) is 11.5 Å². The third-order valence-corrected chi connectivity index (χ3v) is 16.3. The van der Waals surface area contributed by atoms with Gasteiger partial charge < -0.3 is 14.3 Å². The Morgan fingerprint density at radius 2 is 0.875 bits per heavy atom. The summed E-state index contributed by atoms with van der Waals surface area (Å²) in [7, 11) is -3.75. The summed E-state index contributed by atoms with van der Waals surface area (Å²) in [6.45, 7) is 36.3. The Hall–Kier alpha value is -1.71. The van der Waals surface area contributed by atoms with E-state index in [1.165, 1.54) is 11.1 Å². The Labute approximate surface area is 307 Å². The van der Waals surface area contributed by atoms with Gasteiger partial charge in [-0.25, -0.2) is 0 Å². The molecule has 2 aromatic carbocycles. The molecule has 5 nitrogen and oxygen atoms in total. The van der Waals surface area contributed by atoms with Crippen LogP contribution in [0.2, 0.25) is 38.3 Å². The largest absolute Gasteiger partial charge is 2.00 e. The van der Waals surface area contributed by atoms with Crippen LogP contribution in [0.1, 0.15) is 129 Å². The zero-order chi connectivity index (χ0) is 36.2. The molecule has 0 amide bonds. The fourth-order valence-electron chi connectivity index (χ4n) is 5.84. The number of nitrogens with zero attached hydrogens (tertiary/aromatic N) is 2. The predicted molar refractivity (Wildman–Crippen MR) is 206 cm³/mol. The number of benzene rings is 2. The molecule has 0 heterocycles. The minimum atomic E-state index is -1.88. The summed E-state index contributed by atoms with van der Waals surface area (Å²) in [5.41, 5.74) is 4.91. The van der Waals surface area contributed by atoms with Crippen LogP contribution in [0, 0.1) is 0 Å². The van der Waals surface area contributed by atoms with Gasteiger partial charge in [0, 0.05) is 25.5 Å². The molecule has 2 aromatic rings. The van der Waals surface area contributed by atoms with Gasteiger partial charge in [0.15, 0.2) is 16.6 Å². The molecule has 1 radical (unpaired) electrons. The van der Waals surface area contributed by atoms with Crippen LogP contribution in [0.3, 0.4) is 0 Å². The molecule has 0 atom stereocenters. The van der Waals surface area contributed by atoms with Crippen LogP contribution in [-0.4, -0.2) is 42.2 Å². The quantitative estimate of drug-likeness (QED) is 0.123. The van der Waals surface area contributed by atoms with E-state index in [9.17, 15) is 10.2 Å². The van der Waals surface area contributed by atoms with E-state index in [4.69, 9.17) is 14.1 Å². The smallest absolute Gasteiger partial charge is 0.872 e. The number of rotatable bonds is 12. The molecule has 8 heteroatoms. The van der Waals surface area contributed by atoms with Crippen molar-refractivity contribution in [1.29, 1.82) is 0 Å². The van der Waals surface area contributed by atoms with Gasteiger partial charge in [-0.2, -0.15) is 0 Å². The molecular formula is C40H66CuN2O3Si2. The topological polar surface area (TPSA) is 80.1 Å². The third kappa shape index (κ3) is 13.5. The SMILES string of the molecule is CC(C)(C)c1cc(C=NCCC[Si](C)(C)O[Si](C)(C)CCCN=Cc2cc(C(C)(C)C)cc(C(C)(C)C)c2[O-])c([O-])c(C(C)(C)C)c1.[Cu+2]. The van der Waals surface area contributed by atoms with Crippen molar-refractivity contribution < 1.29 is 31.4 Å². The maximum atomic E-state index is 13.3. The summed E-state index contributed by atoms with van der Waals surface area (Å²) < 4.78 is 6.88. The van der Waals surface area contributed by atoms with Gasteiger partial charge >= 0.3 is 17.1 Å². The molecule has 2 rings (SSSR count). The summed E-state index contributed by atoms with van der Waals surface area (Å²) in [4.78, 5) is 9.40. The Bertz CT molecular complexity index is 1310. The molecule has 0 aliphatic rings. The predicted octanol–water partition coefficient (Wildman–Crippen LogP) is 9.77. The number of hydrogen-bond donors (Lipinski definition) is 0. The first kappa shape index (κ1) is 44.3. The van der Waals surface area contributed by atoms with E-state index in [1.54, 1.807) is 12.4 Å². The first-order valence-electron chi connectivity index (χ1n) is 17.6. The molecule has 0 saturated heterocycles. The summed E-state index contributed by atoms with van der Waals surface area (Å²) in [6.07, 6.45) is 5.48. The molecule has 0 bridgehead atoms. The number of aliphatic imine (C=N–C) groups is 2. The molecule has 0 unspecified atom stereocenters. The first-order chi connectivity index (χ1) is 21.1. The molecule has 0 N–H and O–H groups in total. The van der Waals surface area contributed by atoms with Crippen LogP contribution in [0.4, 0.5) is 0 Å². The Kier molecular flexibility index (Phi) is 15.3. The zero-order valence-electron chi connectivity index (χ0n) is 33.1. The van der Waals surface area contributed by atoms with Crippen LogP contribution in [0.25, 0.3) is 0 Å². The van der Waals surface area contributed by atoms with Gasteiger partial charge in [0.25, 0.3) is 0 Å². The van der Waals surface area contributed by atoms with Crippen molar-refractivity contribution >= 4 is 29.1 Å². The molecule has 0 fully saturated rings. The second kappa shape index (κ2) is 16.5. The standard InChI is InChI=1S/C40H68N2O3Si2.Cu/c1-37(2,3)31-23-29(35(43)33(25-31)39(7,8)9)27-41-19-17-21-46(13,14)45-47(15,16)22-18-20-42-28-30-24-32(38(4,5)6)26-34(36(30)44)40(10,11)12;/h23-28,43-44H,17-22H2,1-16H3;/q;+2/p-2. The van der Waals surface area contributed by atoms with Crippen molar-refractivity contribution in [3.8, 4) is 11.5 Å². The molecule has 0 aliphatic carbocycles. The third-order valence-electron chi connectivity index (χ3n) is 8.73. The van der Waals surface area contributed by atoms with E-state index in [1.807, 2.05) is 12.1 Å². The van der Waals surface area contributed by atoms with E-state index < -0.39 is 16.6 Å². The first-order valence-corrected chi connectivity index (χ1v) is 23.8. The monoisotopic (exact) mass is 741 g/mol. The summed E-state index contributed by atoms with van der Waals surface area (Å²) in [5.74, 6) is 0.178. The van der Waals surface area contributed by atoms with Crippen LogP contribution < -0.4 is 10.2 Å². The Morgan fingerprint density at radius 3 is 1.15 bits per heavy atom. The molecule has 0 saturated carbocycles. The summed E-state index contributed by atoms with van der Waals surface area (Å²) in [6, 6.07) is 10.3. The minimum Gasteiger partial charge on any atom is -0.872 e. The van der Waals surface area contributed by atoms with E-state index in [-0.39, 0.29) is 50.2 Å². The van der Waals surface area contributed by atoms with E-state index >= 15 is 0 Å². The average Bonchev–Trinajstić information content (AvgIpc) is 2.86. The minimum absolute atomic E-state index is 0. The Morgan fingerprint density at radius 1 is 0.562 bits per heavy atom. The molecule has 0 spiro atoms. The van der Waals surface area contributed by atoms with Crippen molar-refractivity contribution in [2.75, 3.05) is 13.1 Å². The molecule has 273 valence electrons. The normalized spacial score (nSPS) is 13.8. The molecule has 0 aliphatic heterocycles. The van der Waals surface area contributed by atoms with Crippen LogP contribution >= 0.6 is 0 Å².